The summed E-state index contributed by atoms with van der Waals surface area (Å²) in [6, 6.07) is -3.69. The molecule has 1 unspecified atom stereocenters. The highest BCUT2D eigenvalue weighted by Gasteiger charge is 2.60. The van der Waals surface area contributed by atoms with Crippen LogP contribution in [0.2, 0.25) is 0 Å². The van der Waals surface area contributed by atoms with Gasteiger partial charge in [0, 0.05) is 13.8 Å². The molecule has 82 heavy (non-hydrogen) atoms. The normalized spacial score (nSPS) is 51.3. The number of nitrogens with one attached hydrogen (secondary N) is 2. The zero-order valence-electron chi connectivity index (χ0n) is 44.4. The molecule has 7 fully saturated rings. The Kier molecular flexibility index (Phi) is 23.5. The van der Waals surface area contributed by atoms with Crippen molar-refractivity contribution < 1.29 is 168 Å². The molecule has 0 aromatic rings. The van der Waals surface area contributed by atoms with Gasteiger partial charge in [0.2, 0.25) is 11.8 Å². The van der Waals surface area contributed by atoms with Gasteiger partial charge in [0.25, 0.3) is 0 Å². The molecule has 7 saturated heterocycles. The zero-order chi connectivity index (χ0) is 60.5. The molecule has 0 aromatic carbocycles. The second kappa shape index (κ2) is 28.7. The minimum Gasteiger partial charge on any atom is -0.394 e. The van der Waals surface area contributed by atoms with Crippen molar-refractivity contribution in [1.82, 2.24) is 10.6 Å². The summed E-state index contributed by atoms with van der Waals surface area (Å²) in [6.07, 6.45) is -63.3. The molecule has 35 atom stereocenters. The summed E-state index contributed by atoms with van der Waals surface area (Å²) < 4.78 is 77.1. The second-order valence-electron chi connectivity index (χ2n) is 21.0. The zero-order valence-corrected chi connectivity index (χ0v) is 44.4. The number of rotatable bonds is 19. The van der Waals surface area contributed by atoms with Crippen LogP contribution in [0.5, 0.6) is 0 Å². The van der Waals surface area contributed by atoms with Gasteiger partial charge < -0.3 is 169 Å². The maximum absolute atomic E-state index is 13.1. The number of aliphatic hydroxyl groups excluding tert-OH is 19. The Morgan fingerprint density at radius 2 is 0.634 bits per heavy atom. The molecular weight excluding hydrogens is 1120 g/mol. The third kappa shape index (κ3) is 14.1. The number of hydrogen-bond acceptors (Lipinski definition) is 34. The molecule has 0 bridgehead atoms. The van der Waals surface area contributed by atoms with Crippen molar-refractivity contribution in [2.45, 2.75) is 243 Å². The first-order valence-corrected chi connectivity index (χ1v) is 26.3. The Morgan fingerprint density at radius 3 is 1.04 bits per heavy atom. The summed E-state index contributed by atoms with van der Waals surface area (Å²) in [5, 5.41) is 210. The number of hydrogen-bond donors (Lipinski definition) is 21. The SMILES string of the molecule is CC(=O)N[C@H]1[C@H](O[C@H]2[C@@H](O)[C@@H](CO)O[C@@H](O[C@H]3[C@H](O[C@@H]4O[C@@H](C)[C@@H](O)[C@@H](O)[C@@H]4O)[C@@H](NC(C)=O)[C@H](O[C@H]4[C@H](O)[C@@H](O)C(O)O[C@@H]4CO)O[C@@H]3CO)[C@@H]2O)O[C@H](CO)[C@@H](O[C@@H]2O[C@H](CO)[C@H](O)[C@H](O)[C@H]2O)[C@@H]1O[C@@H]1O[C@@H](C)[C@@H](O)[C@@H](O)[C@@H]1O. The fraction of sp³-hybridized carbons (Fsp3) is 0.957. The van der Waals surface area contributed by atoms with Crippen LogP contribution < -0.4 is 10.6 Å². The van der Waals surface area contributed by atoms with Crippen LogP contribution in [0.3, 0.4) is 0 Å². The maximum Gasteiger partial charge on any atom is 0.217 e. The molecule has 7 aliphatic heterocycles. The minimum absolute atomic E-state index is 0.884. The average molecular weight is 1200 g/mol. The molecule has 7 rings (SSSR count). The van der Waals surface area contributed by atoms with Gasteiger partial charge in [0.05, 0.1) is 45.2 Å². The van der Waals surface area contributed by atoms with Gasteiger partial charge in [-0.3, -0.25) is 9.59 Å². The lowest BCUT2D eigenvalue weighted by Crippen LogP contribution is -2.72. The summed E-state index contributed by atoms with van der Waals surface area (Å²) in [5.74, 6) is -1.80. The van der Waals surface area contributed by atoms with Gasteiger partial charge in [-0.1, -0.05) is 0 Å². The second-order valence-corrected chi connectivity index (χ2v) is 21.0. The predicted octanol–water partition coefficient (Wildman–Crippen LogP) is -13.9. The van der Waals surface area contributed by atoms with Crippen LogP contribution in [0.1, 0.15) is 27.7 Å². The third-order valence-corrected chi connectivity index (χ3v) is 15.3. The van der Waals surface area contributed by atoms with Gasteiger partial charge in [-0.2, -0.15) is 0 Å². The Labute approximate surface area is 465 Å². The Hall–Kier alpha value is -2.34. The van der Waals surface area contributed by atoms with Crippen LogP contribution in [0.15, 0.2) is 0 Å². The molecule has 0 aliphatic carbocycles. The van der Waals surface area contributed by atoms with Crippen molar-refractivity contribution in [3.05, 3.63) is 0 Å². The molecule has 21 N–H and O–H groups in total. The standard InChI is InChI=1S/C46H78N2O34/c1-10-21(56)25(60)30(65)43(70-10)80-37-19(47-12(3)54)41(77-34-16(7-51)72-40(69)29(64)28(34)63)75-18(9-53)36(37)79-46-33(68)39(24(59)15(6-50)74-46)82-42-20(48-13(4)55)38(81-44-31(66)26(61)22(57)11(2)71-44)35(17(8-52)76-42)78-45-32(67)27(62)23(58)14(5-49)73-45/h10-11,14-46,49-53,56-69H,5-9H2,1-4H3,(H,47,54)(H,48,55)/t10-,11-,14+,15+,16+,17+,18+,19+,20+,21+,22+,23-,24-,25+,26+,27-,28+,29+,30-,31-,32+,33+,34+,35+,36+,37+,38+,39-,40?,41-,42-,43-,44-,45-,46-/m0/s1. The van der Waals surface area contributed by atoms with Gasteiger partial charge in [-0.05, 0) is 13.8 Å². The van der Waals surface area contributed by atoms with Crippen LogP contribution in [-0.2, 0) is 71.2 Å². The summed E-state index contributed by atoms with van der Waals surface area (Å²) in [6.45, 7) is -0.672. The van der Waals surface area contributed by atoms with Crippen molar-refractivity contribution in [2.75, 3.05) is 33.0 Å². The highest BCUT2D eigenvalue weighted by molar-refractivity contribution is 5.73. The average Bonchev–Trinajstić information content (AvgIpc) is 3.01. The summed E-state index contributed by atoms with van der Waals surface area (Å²) >= 11 is 0. The molecule has 7 heterocycles. The lowest BCUT2D eigenvalue weighted by Gasteiger charge is -2.52. The van der Waals surface area contributed by atoms with E-state index in [1.807, 2.05) is 0 Å². The van der Waals surface area contributed by atoms with Gasteiger partial charge >= 0.3 is 0 Å². The quantitative estimate of drug-likeness (QED) is 0.0571. The van der Waals surface area contributed by atoms with E-state index in [0.29, 0.717) is 0 Å². The Balaban J connectivity index is 1.25. The number of carbonyl (C=O) groups excluding carboxylic acids is 2. The van der Waals surface area contributed by atoms with E-state index in [0.717, 1.165) is 13.8 Å². The fourth-order valence-corrected chi connectivity index (χ4v) is 10.7. The summed E-state index contributed by atoms with van der Waals surface area (Å²) in [5.41, 5.74) is 0. The molecule has 36 heteroatoms. The number of amides is 2. The number of ether oxygens (including phenoxy) is 13. The van der Waals surface area contributed by atoms with E-state index in [1.54, 1.807) is 0 Å². The van der Waals surface area contributed by atoms with Crippen LogP contribution in [0.4, 0.5) is 0 Å². The number of aliphatic hydroxyl groups is 19. The summed E-state index contributed by atoms with van der Waals surface area (Å²) in [4.78, 5) is 26.2. The first-order chi connectivity index (χ1) is 38.7. The van der Waals surface area contributed by atoms with Crippen molar-refractivity contribution in [1.29, 1.82) is 0 Å². The van der Waals surface area contributed by atoms with E-state index in [4.69, 9.17) is 61.6 Å². The molecule has 0 radical (unpaired) electrons. The molecule has 7 aliphatic rings. The van der Waals surface area contributed by atoms with Crippen LogP contribution in [0.25, 0.3) is 0 Å². The van der Waals surface area contributed by atoms with E-state index in [-0.39, 0.29) is 0 Å². The van der Waals surface area contributed by atoms with Gasteiger partial charge in [0.1, 0.15) is 159 Å². The third-order valence-electron chi connectivity index (χ3n) is 15.3. The van der Waals surface area contributed by atoms with Crippen molar-refractivity contribution in [2.24, 2.45) is 0 Å². The number of carbonyl (C=O) groups is 2. The van der Waals surface area contributed by atoms with E-state index in [9.17, 15) is 107 Å². The van der Waals surface area contributed by atoms with Crippen LogP contribution in [-0.4, -0.2) is 357 Å². The fourth-order valence-electron chi connectivity index (χ4n) is 10.7. The summed E-state index contributed by atoms with van der Waals surface area (Å²) in [7, 11) is 0. The lowest BCUT2D eigenvalue weighted by atomic mass is 9.93. The van der Waals surface area contributed by atoms with E-state index >= 15 is 0 Å². The Bertz CT molecular complexity index is 2030. The van der Waals surface area contributed by atoms with E-state index in [2.05, 4.69) is 10.6 Å². The van der Waals surface area contributed by atoms with Crippen LogP contribution >= 0.6 is 0 Å². The van der Waals surface area contributed by atoms with Crippen LogP contribution in [0, 0.1) is 0 Å². The molecule has 36 nitrogen and oxygen atoms in total. The van der Waals surface area contributed by atoms with Gasteiger partial charge in [-0.15, -0.1) is 0 Å². The topological polar surface area (TPSA) is 563 Å². The molecule has 476 valence electrons. The van der Waals surface area contributed by atoms with Crippen molar-refractivity contribution in [3.63, 3.8) is 0 Å². The van der Waals surface area contributed by atoms with Gasteiger partial charge in [0.15, 0.2) is 44.0 Å². The van der Waals surface area contributed by atoms with Crippen molar-refractivity contribution in [3.8, 4) is 0 Å². The highest BCUT2D eigenvalue weighted by Crippen LogP contribution is 2.39. The lowest BCUT2D eigenvalue weighted by molar-refractivity contribution is -0.397. The van der Waals surface area contributed by atoms with E-state index in [1.165, 1.54) is 13.8 Å². The maximum atomic E-state index is 13.1. The molecule has 2 amide bonds. The smallest absolute Gasteiger partial charge is 0.217 e. The minimum atomic E-state index is -2.36. The monoisotopic (exact) mass is 1200 g/mol. The Morgan fingerprint density at radius 1 is 0.317 bits per heavy atom. The molecule has 0 saturated carbocycles. The largest absolute Gasteiger partial charge is 0.394 e. The predicted molar refractivity (Wildman–Crippen MR) is 252 cm³/mol. The molecule has 0 spiro atoms. The highest BCUT2D eigenvalue weighted by atomic mass is 16.8. The molecule has 0 aromatic heterocycles. The van der Waals surface area contributed by atoms with Gasteiger partial charge in [-0.25, -0.2) is 0 Å². The molecular formula is C46H78N2O34. The first-order valence-electron chi connectivity index (χ1n) is 26.3. The van der Waals surface area contributed by atoms with Crippen molar-refractivity contribution >= 4 is 11.8 Å². The van der Waals surface area contributed by atoms with E-state index < -0.39 is 260 Å². The first kappa shape index (κ1) is 67.2.